The van der Waals surface area contributed by atoms with Gasteiger partial charge in [0.1, 0.15) is 9.88 Å². The van der Waals surface area contributed by atoms with Gasteiger partial charge in [0.15, 0.2) is 0 Å². The van der Waals surface area contributed by atoms with Crippen LogP contribution in [-0.2, 0) is 0 Å². The summed E-state index contributed by atoms with van der Waals surface area (Å²) in [6.07, 6.45) is 5.01. The summed E-state index contributed by atoms with van der Waals surface area (Å²) in [6.45, 7) is 4.69. The molecule has 3 N–H and O–H groups in total. The van der Waals surface area contributed by atoms with Gasteiger partial charge in [0.2, 0.25) is 0 Å². The highest BCUT2D eigenvalue weighted by molar-refractivity contribution is 7.16. The second kappa shape index (κ2) is 11.1. The third kappa shape index (κ3) is 6.01. The van der Waals surface area contributed by atoms with E-state index in [9.17, 15) is 4.79 Å². The van der Waals surface area contributed by atoms with Crippen molar-refractivity contribution >= 4 is 42.1 Å². The first kappa shape index (κ1) is 24.0. The minimum Gasteiger partial charge on any atom is -0.349 e. The Balaban J connectivity index is 0.00000196. The molecule has 0 fully saturated rings. The third-order valence-electron chi connectivity index (χ3n) is 4.17. The molecule has 2 heterocycles. The number of amides is 1. The maximum Gasteiger partial charge on any atom is 0.263 e. The number of thiazole rings is 1. The Bertz CT molecular complexity index is 869. The minimum atomic E-state index is -0.243. The zero-order valence-electron chi connectivity index (χ0n) is 15.7. The first-order valence-electron chi connectivity index (χ1n) is 8.54. The third-order valence-corrected chi connectivity index (χ3v) is 5.22. The summed E-state index contributed by atoms with van der Waals surface area (Å²) in [6, 6.07) is 11.7. The fraction of sp³-hybridized carbons (Fsp3) is 0.250. The van der Waals surface area contributed by atoms with Gasteiger partial charge in [0, 0.05) is 30.5 Å². The molecule has 28 heavy (non-hydrogen) atoms. The smallest absolute Gasteiger partial charge is 0.263 e. The van der Waals surface area contributed by atoms with Crippen molar-refractivity contribution in [2.24, 2.45) is 5.73 Å². The highest BCUT2D eigenvalue weighted by Crippen LogP contribution is 2.24. The van der Waals surface area contributed by atoms with Crippen molar-refractivity contribution < 1.29 is 4.79 Å². The standard InChI is InChI=1S/C20H22N4OS.2ClH/c1-13(2)14-3-5-15(6-4-14)17(21)11-23-19(25)18-12-24-20(26-18)16-7-9-22-10-8-16;;/h3-10,12-13,17H,11,21H2,1-2H3,(H,23,25);2*1H. The van der Waals surface area contributed by atoms with Crippen molar-refractivity contribution in [3.8, 4) is 10.6 Å². The molecular weight excluding hydrogens is 415 g/mol. The van der Waals surface area contributed by atoms with Crippen LogP contribution in [0.5, 0.6) is 0 Å². The number of nitrogens with zero attached hydrogens (tertiary/aromatic N) is 2. The summed E-state index contributed by atoms with van der Waals surface area (Å²) < 4.78 is 0. The van der Waals surface area contributed by atoms with Gasteiger partial charge in [-0.05, 0) is 29.2 Å². The van der Waals surface area contributed by atoms with E-state index in [1.807, 2.05) is 24.3 Å². The Morgan fingerprint density at radius 2 is 1.68 bits per heavy atom. The molecule has 1 aromatic carbocycles. The molecule has 1 unspecified atom stereocenters. The lowest BCUT2D eigenvalue weighted by atomic mass is 9.99. The SMILES string of the molecule is CC(C)c1ccc(C(N)CNC(=O)c2cnc(-c3ccncc3)s2)cc1.Cl.Cl. The van der Waals surface area contributed by atoms with E-state index in [1.54, 1.807) is 18.6 Å². The van der Waals surface area contributed by atoms with Gasteiger partial charge in [0.05, 0.1) is 6.20 Å². The predicted octanol–water partition coefficient (Wildman–Crippen LogP) is 4.60. The van der Waals surface area contributed by atoms with Crippen LogP contribution in [0.4, 0.5) is 0 Å². The van der Waals surface area contributed by atoms with Crippen molar-refractivity contribution in [1.82, 2.24) is 15.3 Å². The van der Waals surface area contributed by atoms with Crippen LogP contribution in [-0.4, -0.2) is 22.4 Å². The number of nitrogens with one attached hydrogen (secondary N) is 1. The minimum absolute atomic E-state index is 0. The maximum atomic E-state index is 12.4. The van der Waals surface area contributed by atoms with Gasteiger partial charge in [-0.25, -0.2) is 4.98 Å². The number of carbonyl (C=O) groups is 1. The summed E-state index contributed by atoms with van der Waals surface area (Å²) >= 11 is 1.35. The van der Waals surface area contributed by atoms with E-state index in [0.717, 1.165) is 16.1 Å². The van der Waals surface area contributed by atoms with Crippen molar-refractivity contribution in [3.63, 3.8) is 0 Å². The number of pyridine rings is 1. The summed E-state index contributed by atoms with van der Waals surface area (Å²) in [4.78, 5) is 21.2. The molecule has 3 rings (SSSR count). The van der Waals surface area contributed by atoms with E-state index in [1.165, 1.54) is 16.9 Å². The van der Waals surface area contributed by atoms with Crippen LogP contribution in [0, 0.1) is 0 Å². The van der Waals surface area contributed by atoms with E-state index in [-0.39, 0.29) is 36.8 Å². The number of hydrogen-bond donors (Lipinski definition) is 2. The monoisotopic (exact) mass is 438 g/mol. The topological polar surface area (TPSA) is 80.9 Å². The molecule has 1 atom stereocenters. The fourth-order valence-corrected chi connectivity index (χ4v) is 3.38. The normalized spacial score (nSPS) is 11.3. The van der Waals surface area contributed by atoms with Crippen LogP contribution in [0.3, 0.4) is 0 Å². The lowest BCUT2D eigenvalue weighted by Crippen LogP contribution is -2.31. The molecular formula is C20H24Cl2N4OS. The van der Waals surface area contributed by atoms with E-state index in [0.29, 0.717) is 17.3 Å². The van der Waals surface area contributed by atoms with Gasteiger partial charge < -0.3 is 11.1 Å². The second-order valence-electron chi connectivity index (χ2n) is 6.40. The summed E-state index contributed by atoms with van der Waals surface area (Å²) in [5.41, 5.74) is 9.45. The van der Waals surface area contributed by atoms with Crippen LogP contribution >= 0.6 is 36.2 Å². The van der Waals surface area contributed by atoms with Crippen LogP contribution < -0.4 is 11.1 Å². The average molecular weight is 439 g/mol. The molecule has 8 heteroatoms. The zero-order chi connectivity index (χ0) is 18.5. The number of nitrogens with two attached hydrogens (primary N) is 1. The van der Waals surface area contributed by atoms with Crippen molar-refractivity contribution in [2.75, 3.05) is 6.54 Å². The van der Waals surface area contributed by atoms with Gasteiger partial charge in [-0.3, -0.25) is 9.78 Å². The molecule has 0 bridgehead atoms. The van der Waals surface area contributed by atoms with Gasteiger partial charge in [-0.1, -0.05) is 38.1 Å². The highest BCUT2D eigenvalue weighted by atomic mass is 35.5. The summed E-state index contributed by atoms with van der Waals surface area (Å²) in [5, 5.41) is 3.69. The van der Waals surface area contributed by atoms with E-state index in [4.69, 9.17) is 5.73 Å². The van der Waals surface area contributed by atoms with Gasteiger partial charge in [0.25, 0.3) is 5.91 Å². The molecule has 0 radical (unpaired) electrons. The van der Waals surface area contributed by atoms with Crippen LogP contribution in [0.2, 0.25) is 0 Å². The lowest BCUT2D eigenvalue weighted by molar-refractivity contribution is 0.0955. The van der Waals surface area contributed by atoms with E-state index in [2.05, 4.69) is 41.3 Å². The lowest BCUT2D eigenvalue weighted by Gasteiger charge is -2.14. The molecule has 0 saturated heterocycles. The second-order valence-corrected chi connectivity index (χ2v) is 7.43. The van der Waals surface area contributed by atoms with Crippen LogP contribution in [0.1, 0.15) is 46.6 Å². The Morgan fingerprint density at radius 3 is 2.29 bits per heavy atom. The number of halogens is 2. The molecule has 0 saturated carbocycles. The number of benzene rings is 1. The Labute approximate surface area is 181 Å². The number of hydrogen-bond acceptors (Lipinski definition) is 5. The van der Waals surface area contributed by atoms with Gasteiger partial charge in [-0.15, -0.1) is 36.2 Å². The molecule has 5 nitrogen and oxygen atoms in total. The van der Waals surface area contributed by atoms with Crippen LogP contribution in [0.15, 0.2) is 55.0 Å². The molecule has 1 amide bonds. The van der Waals surface area contributed by atoms with Crippen molar-refractivity contribution in [3.05, 3.63) is 71.0 Å². The quantitative estimate of drug-likeness (QED) is 0.588. The first-order valence-corrected chi connectivity index (χ1v) is 9.36. The average Bonchev–Trinajstić information content (AvgIpc) is 3.17. The highest BCUT2D eigenvalue weighted by Gasteiger charge is 2.14. The summed E-state index contributed by atoms with van der Waals surface area (Å²) in [7, 11) is 0. The molecule has 0 aliphatic carbocycles. The molecule has 3 aromatic rings. The van der Waals surface area contributed by atoms with E-state index < -0.39 is 0 Å². The predicted molar refractivity (Wildman–Crippen MR) is 120 cm³/mol. The maximum absolute atomic E-state index is 12.4. The Morgan fingerprint density at radius 1 is 1.07 bits per heavy atom. The molecule has 0 aliphatic rings. The van der Waals surface area contributed by atoms with Gasteiger partial charge >= 0.3 is 0 Å². The number of rotatable bonds is 6. The van der Waals surface area contributed by atoms with Crippen LogP contribution in [0.25, 0.3) is 10.6 Å². The summed E-state index contributed by atoms with van der Waals surface area (Å²) in [5.74, 6) is 0.331. The zero-order valence-corrected chi connectivity index (χ0v) is 18.1. The van der Waals surface area contributed by atoms with E-state index >= 15 is 0 Å². The number of carbonyl (C=O) groups excluding carboxylic acids is 1. The van der Waals surface area contributed by atoms with Crippen molar-refractivity contribution in [1.29, 1.82) is 0 Å². The molecule has 0 aliphatic heterocycles. The Kier molecular flexibility index (Phi) is 9.55. The largest absolute Gasteiger partial charge is 0.349 e. The molecule has 150 valence electrons. The molecule has 0 spiro atoms. The van der Waals surface area contributed by atoms with Gasteiger partial charge in [-0.2, -0.15) is 0 Å². The Hall–Kier alpha value is -1.99. The van der Waals surface area contributed by atoms with Crippen molar-refractivity contribution in [2.45, 2.75) is 25.8 Å². The molecule has 2 aromatic heterocycles. The first-order chi connectivity index (χ1) is 12.5. The number of aromatic nitrogens is 2. The fourth-order valence-electron chi connectivity index (χ4n) is 2.54.